The van der Waals surface area contributed by atoms with Gasteiger partial charge in [-0.3, -0.25) is 9.69 Å². The van der Waals surface area contributed by atoms with Crippen LogP contribution in [0.1, 0.15) is 48.3 Å². The molecule has 7 nitrogen and oxygen atoms in total. The molecular weight excluding hydrogens is 402 g/mol. The Balaban J connectivity index is 1.62. The maximum Gasteiger partial charge on any atom is 0.251 e. The quantitative estimate of drug-likeness (QED) is 0.731. The first-order valence-electron chi connectivity index (χ1n) is 10.0. The van der Waals surface area contributed by atoms with Gasteiger partial charge in [0.25, 0.3) is 5.91 Å². The summed E-state index contributed by atoms with van der Waals surface area (Å²) in [5, 5.41) is 8.09. The Morgan fingerprint density at radius 2 is 1.80 bits per heavy atom. The van der Waals surface area contributed by atoms with Crippen molar-refractivity contribution in [1.29, 1.82) is 0 Å². The number of morpholine rings is 1. The number of hydrogen-bond donors (Lipinski definition) is 2. The van der Waals surface area contributed by atoms with Crippen molar-refractivity contribution >= 4 is 15.9 Å². The molecule has 162 valence electrons. The fourth-order valence-corrected chi connectivity index (χ4v) is 4.33. The van der Waals surface area contributed by atoms with E-state index in [1.54, 1.807) is 19.1 Å². The summed E-state index contributed by atoms with van der Waals surface area (Å²) in [6.45, 7) is 8.56. The Bertz CT molecular complexity index is 982. The van der Waals surface area contributed by atoms with Gasteiger partial charge in [0.15, 0.2) is 0 Å². The van der Waals surface area contributed by atoms with Crippen molar-refractivity contribution in [2.75, 3.05) is 13.1 Å². The van der Waals surface area contributed by atoms with Gasteiger partial charge < -0.3 is 10.1 Å². The van der Waals surface area contributed by atoms with Gasteiger partial charge in [0.1, 0.15) is 0 Å². The molecule has 3 rings (SSSR count). The van der Waals surface area contributed by atoms with Crippen LogP contribution in [0.2, 0.25) is 0 Å². The molecule has 1 saturated heterocycles. The van der Waals surface area contributed by atoms with Crippen LogP contribution in [-0.2, 0) is 21.3 Å². The third-order valence-electron chi connectivity index (χ3n) is 5.15. The molecule has 1 fully saturated rings. The van der Waals surface area contributed by atoms with E-state index in [4.69, 9.17) is 9.88 Å². The second-order valence-corrected chi connectivity index (χ2v) is 9.52. The van der Waals surface area contributed by atoms with Crippen LogP contribution in [0.4, 0.5) is 0 Å². The minimum Gasteiger partial charge on any atom is -0.373 e. The minimum atomic E-state index is -3.79. The largest absolute Gasteiger partial charge is 0.373 e. The fourth-order valence-electron chi connectivity index (χ4n) is 3.76. The van der Waals surface area contributed by atoms with E-state index in [1.807, 2.05) is 24.3 Å². The zero-order valence-electron chi connectivity index (χ0n) is 17.5. The first-order valence-corrected chi connectivity index (χ1v) is 11.6. The second-order valence-electron chi connectivity index (χ2n) is 7.96. The summed E-state index contributed by atoms with van der Waals surface area (Å²) >= 11 is 0. The van der Waals surface area contributed by atoms with E-state index in [2.05, 4.69) is 24.1 Å². The number of primary sulfonamides is 1. The Morgan fingerprint density at radius 3 is 2.40 bits per heavy atom. The lowest BCUT2D eigenvalue weighted by Crippen LogP contribution is -2.44. The molecular formula is C22H29N3O4S. The number of nitrogens with one attached hydrogen (secondary N) is 1. The topological polar surface area (TPSA) is 102 Å². The molecule has 3 N–H and O–H groups in total. The molecule has 1 aliphatic rings. The molecule has 30 heavy (non-hydrogen) atoms. The van der Waals surface area contributed by atoms with Crippen LogP contribution in [0, 0.1) is 0 Å². The Labute approximate surface area is 178 Å². The number of benzene rings is 2. The lowest BCUT2D eigenvalue weighted by atomic mass is 10.1. The van der Waals surface area contributed by atoms with E-state index in [0.717, 1.165) is 25.2 Å². The number of ether oxygens (including phenoxy) is 1. The average molecular weight is 432 g/mol. The highest BCUT2D eigenvalue weighted by Gasteiger charge is 2.22. The lowest BCUT2D eigenvalue weighted by Gasteiger charge is -2.35. The summed E-state index contributed by atoms with van der Waals surface area (Å²) in [7, 11) is -3.79. The van der Waals surface area contributed by atoms with Gasteiger partial charge in [0.2, 0.25) is 10.0 Å². The van der Waals surface area contributed by atoms with Crippen molar-refractivity contribution in [2.24, 2.45) is 5.14 Å². The number of carbonyl (C=O) groups excluding carboxylic acids is 1. The van der Waals surface area contributed by atoms with Crippen molar-refractivity contribution in [1.82, 2.24) is 10.2 Å². The van der Waals surface area contributed by atoms with Gasteiger partial charge in [-0.1, -0.05) is 24.3 Å². The van der Waals surface area contributed by atoms with Gasteiger partial charge in [0, 0.05) is 25.2 Å². The molecule has 2 aromatic rings. The molecule has 0 aromatic heterocycles. The Kier molecular flexibility index (Phi) is 6.92. The summed E-state index contributed by atoms with van der Waals surface area (Å²) in [6.07, 6.45) is 0.432. The molecule has 0 bridgehead atoms. The number of nitrogens with zero attached hydrogens (tertiary/aromatic N) is 1. The first kappa shape index (κ1) is 22.4. The summed E-state index contributed by atoms with van der Waals surface area (Å²) < 4.78 is 28.9. The highest BCUT2D eigenvalue weighted by Crippen LogP contribution is 2.18. The van der Waals surface area contributed by atoms with Crippen LogP contribution in [0.5, 0.6) is 0 Å². The number of nitrogens with two attached hydrogens (primary N) is 1. The summed E-state index contributed by atoms with van der Waals surface area (Å²) in [4.78, 5) is 15.0. The van der Waals surface area contributed by atoms with Crippen molar-refractivity contribution < 1.29 is 17.9 Å². The van der Waals surface area contributed by atoms with Crippen LogP contribution in [0.25, 0.3) is 0 Å². The number of carbonyl (C=O) groups is 1. The molecule has 0 radical (unpaired) electrons. The molecule has 1 amide bonds. The molecule has 0 saturated carbocycles. The molecule has 3 atom stereocenters. The Hall–Kier alpha value is -2.26. The number of amides is 1. The van der Waals surface area contributed by atoms with Crippen molar-refractivity contribution in [2.45, 2.75) is 50.5 Å². The predicted molar refractivity (Wildman–Crippen MR) is 115 cm³/mol. The fraction of sp³-hybridized carbons (Fsp3) is 0.409. The van der Waals surface area contributed by atoms with E-state index < -0.39 is 10.0 Å². The third-order valence-corrected chi connectivity index (χ3v) is 6.06. The van der Waals surface area contributed by atoms with Gasteiger partial charge in [-0.25, -0.2) is 13.6 Å². The molecule has 3 unspecified atom stereocenters. The van der Waals surface area contributed by atoms with E-state index in [1.165, 1.54) is 12.1 Å². The summed E-state index contributed by atoms with van der Waals surface area (Å²) in [6, 6.07) is 13.5. The maximum absolute atomic E-state index is 12.6. The third kappa shape index (κ3) is 5.89. The smallest absolute Gasteiger partial charge is 0.251 e. The molecule has 0 aliphatic carbocycles. The van der Waals surface area contributed by atoms with E-state index in [0.29, 0.717) is 11.1 Å². The Morgan fingerprint density at radius 1 is 1.17 bits per heavy atom. The van der Waals surface area contributed by atoms with Crippen molar-refractivity contribution in [3.63, 3.8) is 0 Å². The standard InChI is InChI=1S/C22H29N3O4S/c1-15-12-25(13-16(2)29-15)14-18-7-9-19(10-8-18)22(26)24-17(3)20-5-4-6-21(11-20)30(23,27)28/h4-11,15-17H,12-14H2,1-3H3,(H,24,26)(H2,23,27,28). The zero-order chi connectivity index (χ0) is 21.9. The highest BCUT2D eigenvalue weighted by atomic mass is 32.2. The predicted octanol–water partition coefficient (Wildman–Crippen LogP) is 2.43. The SMILES string of the molecule is CC1CN(Cc2ccc(C(=O)NC(C)c3cccc(S(N)(=O)=O)c3)cc2)CC(C)O1. The van der Waals surface area contributed by atoms with Crippen LogP contribution >= 0.6 is 0 Å². The van der Waals surface area contributed by atoms with Crippen molar-refractivity contribution in [3.8, 4) is 0 Å². The van der Waals surface area contributed by atoms with E-state index >= 15 is 0 Å². The van der Waals surface area contributed by atoms with Gasteiger partial charge in [-0.05, 0) is 56.2 Å². The monoisotopic (exact) mass is 431 g/mol. The summed E-state index contributed by atoms with van der Waals surface area (Å²) in [5.74, 6) is -0.219. The molecule has 0 spiro atoms. The summed E-state index contributed by atoms with van der Waals surface area (Å²) in [5.41, 5.74) is 2.36. The van der Waals surface area contributed by atoms with E-state index in [-0.39, 0.29) is 29.1 Å². The number of sulfonamides is 1. The minimum absolute atomic E-state index is 0.0252. The van der Waals surface area contributed by atoms with Gasteiger partial charge in [0.05, 0.1) is 23.1 Å². The zero-order valence-corrected chi connectivity index (χ0v) is 18.4. The van der Waals surface area contributed by atoms with Crippen LogP contribution < -0.4 is 10.5 Å². The molecule has 1 heterocycles. The van der Waals surface area contributed by atoms with Crippen LogP contribution in [-0.4, -0.2) is 44.5 Å². The van der Waals surface area contributed by atoms with Gasteiger partial charge in [-0.2, -0.15) is 0 Å². The van der Waals surface area contributed by atoms with E-state index in [9.17, 15) is 13.2 Å². The average Bonchev–Trinajstić information content (AvgIpc) is 2.67. The molecule has 2 aromatic carbocycles. The lowest BCUT2D eigenvalue weighted by molar-refractivity contribution is -0.0704. The van der Waals surface area contributed by atoms with Gasteiger partial charge >= 0.3 is 0 Å². The van der Waals surface area contributed by atoms with Gasteiger partial charge in [-0.15, -0.1) is 0 Å². The van der Waals surface area contributed by atoms with Crippen molar-refractivity contribution in [3.05, 3.63) is 65.2 Å². The number of hydrogen-bond acceptors (Lipinski definition) is 5. The second kappa shape index (κ2) is 9.26. The van der Waals surface area contributed by atoms with Crippen LogP contribution in [0.15, 0.2) is 53.4 Å². The normalized spacial score (nSPS) is 21.2. The number of rotatable bonds is 6. The maximum atomic E-state index is 12.6. The van der Waals surface area contributed by atoms with Crippen LogP contribution in [0.3, 0.4) is 0 Å². The molecule has 1 aliphatic heterocycles. The highest BCUT2D eigenvalue weighted by molar-refractivity contribution is 7.89. The molecule has 8 heteroatoms. The first-order chi connectivity index (χ1) is 14.1.